The minimum atomic E-state index is -0.749. The Labute approximate surface area is 258 Å². The molecule has 2 N–H and O–H groups in total. The van der Waals surface area contributed by atoms with Gasteiger partial charge < -0.3 is 24.8 Å². The summed E-state index contributed by atoms with van der Waals surface area (Å²) in [4.78, 5) is 50.8. The molecule has 2 atom stereocenters. The van der Waals surface area contributed by atoms with Crippen molar-refractivity contribution in [2.75, 3.05) is 19.2 Å². The first-order valence-electron chi connectivity index (χ1n) is 14.3. The molecule has 0 bridgehead atoms. The number of hydrogen-bond donors (Lipinski definition) is 2. The number of amides is 3. The number of aliphatic imine (C=N–C) groups is 2. The second-order valence-electron chi connectivity index (χ2n) is 10.3. The lowest BCUT2D eigenvalue weighted by atomic mass is 10.1. The Bertz CT molecular complexity index is 1670. The molecule has 0 saturated carbocycles. The minimum absolute atomic E-state index is 0.118. The van der Waals surface area contributed by atoms with Crippen molar-refractivity contribution in [2.24, 2.45) is 9.98 Å². The summed E-state index contributed by atoms with van der Waals surface area (Å²) in [5.74, 6) is 1.68. The van der Waals surface area contributed by atoms with E-state index in [4.69, 9.17) is 24.2 Å². The lowest BCUT2D eigenvalue weighted by molar-refractivity contribution is -0.125. The van der Waals surface area contributed by atoms with E-state index < -0.39 is 11.3 Å². The maximum absolute atomic E-state index is 13.7. The number of rotatable bonds is 10. The molecule has 3 aromatic carbocycles. The largest absolute Gasteiger partial charge is 0.496 e. The third-order valence-electron chi connectivity index (χ3n) is 7.41. The number of methoxy groups -OCH3 is 1. The molecule has 11 nitrogen and oxygen atoms in total. The molecule has 0 fully saturated rings. The fraction of sp³-hybridized carbons (Fsp3) is 0.281. The van der Waals surface area contributed by atoms with Crippen LogP contribution in [0, 0.1) is 0 Å². The number of fused-ring (bicyclic) bond motifs is 4. The molecule has 0 radical (unpaired) electrons. The van der Waals surface area contributed by atoms with Gasteiger partial charge in [0.25, 0.3) is 5.91 Å². The number of carbonyl (C=O) groups excluding carboxylic acids is 3. The minimum Gasteiger partial charge on any atom is -0.496 e. The molecule has 44 heavy (non-hydrogen) atoms. The average Bonchev–Trinajstić information content (AvgIpc) is 3.65. The normalized spacial score (nSPS) is 16.8. The molecular formula is C32H31N5O6S. The highest BCUT2D eigenvalue weighted by Gasteiger charge is 2.42. The average molecular weight is 614 g/mol. The topological polar surface area (TPSA) is 131 Å². The van der Waals surface area contributed by atoms with E-state index in [1.165, 1.54) is 16.7 Å². The molecule has 0 saturated heterocycles. The molecule has 3 aliphatic heterocycles. The monoisotopic (exact) mass is 613 g/mol. The lowest BCUT2D eigenvalue weighted by Crippen LogP contribution is -2.42. The van der Waals surface area contributed by atoms with Gasteiger partial charge in [-0.05, 0) is 43.2 Å². The van der Waals surface area contributed by atoms with Crippen LogP contribution in [0.2, 0.25) is 0 Å². The Balaban J connectivity index is 1.14. The van der Waals surface area contributed by atoms with Gasteiger partial charge in [0.15, 0.2) is 16.7 Å². The van der Waals surface area contributed by atoms with E-state index in [2.05, 4.69) is 10.6 Å². The van der Waals surface area contributed by atoms with Crippen LogP contribution >= 0.6 is 11.8 Å². The molecule has 0 aromatic heterocycles. The number of carbonyl (C=O) groups is 3. The van der Waals surface area contributed by atoms with Crippen molar-refractivity contribution < 1.29 is 28.6 Å². The summed E-state index contributed by atoms with van der Waals surface area (Å²) in [5, 5.41) is 5.67. The van der Waals surface area contributed by atoms with E-state index in [1.54, 1.807) is 25.3 Å². The van der Waals surface area contributed by atoms with Gasteiger partial charge in [0.2, 0.25) is 18.6 Å². The number of amidine groups is 2. The van der Waals surface area contributed by atoms with Gasteiger partial charge in [-0.2, -0.15) is 0 Å². The second-order valence-corrected chi connectivity index (χ2v) is 11.4. The molecule has 3 aromatic rings. The van der Waals surface area contributed by atoms with Crippen LogP contribution in [-0.4, -0.2) is 58.8 Å². The zero-order chi connectivity index (χ0) is 30.6. The molecule has 3 aliphatic rings. The number of hydrogen-bond acceptors (Lipinski definition) is 9. The van der Waals surface area contributed by atoms with Gasteiger partial charge in [0, 0.05) is 35.8 Å². The second kappa shape index (κ2) is 12.8. The Hall–Kier alpha value is -4.84. The van der Waals surface area contributed by atoms with E-state index in [0.29, 0.717) is 52.6 Å². The number of para-hydroxylation sites is 2. The molecular weight excluding hydrogens is 582 g/mol. The fourth-order valence-electron chi connectivity index (χ4n) is 5.11. The summed E-state index contributed by atoms with van der Waals surface area (Å²) >= 11 is 1.21. The van der Waals surface area contributed by atoms with Gasteiger partial charge in [-0.25, -0.2) is 9.89 Å². The highest BCUT2D eigenvalue weighted by Crippen LogP contribution is 2.37. The highest BCUT2D eigenvalue weighted by atomic mass is 32.2. The SMILES string of the molecule is CCC(SC1=Nc2ccccc2C2=NC(CCC(=O)NCc3ccccc3OC)C(=O)N12)C(=O)Nc1ccc2c(c1)OCO2. The summed E-state index contributed by atoms with van der Waals surface area (Å²) in [6.45, 7) is 2.36. The molecule has 0 aliphatic carbocycles. The highest BCUT2D eigenvalue weighted by molar-refractivity contribution is 8.15. The first-order valence-corrected chi connectivity index (χ1v) is 15.2. The van der Waals surface area contributed by atoms with E-state index >= 15 is 0 Å². The van der Waals surface area contributed by atoms with Gasteiger partial charge in [0.1, 0.15) is 17.6 Å². The van der Waals surface area contributed by atoms with Crippen molar-refractivity contribution in [3.05, 3.63) is 77.9 Å². The van der Waals surface area contributed by atoms with Gasteiger partial charge >= 0.3 is 0 Å². The predicted molar refractivity (Wildman–Crippen MR) is 168 cm³/mol. The first kappa shape index (κ1) is 29.2. The third kappa shape index (κ3) is 5.98. The van der Waals surface area contributed by atoms with Crippen molar-refractivity contribution in [2.45, 2.75) is 44.0 Å². The molecule has 0 spiro atoms. The maximum atomic E-state index is 13.7. The van der Waals surface area contributed by atoms with Crippen molar-refractivity contribution >= 4 is 51.9 Å². The number of nitrogens with one attached hydrogen (secondary N) is 2. The van der Waals surface area contributed by atoms with Gasteiger partial charge in [0.05, 0.1) is 18.0 Å². The van der Waals surface area contributed by atoms with E-state index in [-0.39, 0.29) is 37.4 Å². The van der Waals surface area contributed by atoms with Crippen LogP contribution < -0.4 is 24.8 Å². The summed E-state index contributed by atoms with van der Waals surface area (Å²) in [5.41, 5.74) is 2.84. The molecule has 12 heteroatoms. The summed E-state index contributed by atoms with van der Waals surface area (Å²) in [6.07, 6.45) is 0.845. The van der Waals surface area contributed by atoms with Crippen LogP contribution in [0.1, 0.15) is 37.3 Å². The van der Waals surface area contributed by atoms with Gasteiger partial charge in [-0.15, -0.1) is 0 Å². The number of nitrogens with zero attached hydrogens (tertiary/aromatic N) is 3. The molecule has 3 amide bonds. The first-order chi connectivity index (χ1) is 21.4. The van der Waals surface area contributed by atoms with Gasteiger partial charge in [-0.1, -0.05) is 49.0 Å². The molecule has 6 rings (SSSR count). The third-order valence-corrected chi connectivity index (χ3v) is 8.73. The van der Waals surface area contributed by atoms with Crippen molar-refractivity contribution in [1.82, 2.24) is 10.2 Å². The Morgan fingerprint density at radius 2 is 1.89 bits per heavy atom. The smallest absolute Gasteiger partial charge is 0.259 e. The molecule has 226 valence electrons. The van der Waals surface area contributed by atoms with Crippen LogP contribution in [0.3, 0.4) is 0 Å². The molecule has 3 heterocycles. The van der Waals surface area contributed by atoms with Crippen molar-refractivity contribution in [3.63, 3.8) is 0 Å². The Kier molecular flexibility index (Phi) is 8.51. The van der Waals surface area contributed by atoms with Crippen LogP contribution in [0.25, 0.3) is 0 Å². The quantitative estimate of drug-likeness (QED) is 0.341. The van der Waals surface area contributed by atoms with E-state index in [1.807, 2.05) is 55.5 Å². The van der Waals surface area contributed by atoms with Crippen LogP contribution in [-0.2, 0) is 20.9 Å². The Morgan fingerprint density at radius 1 is 1.09 bits per heavy atom. The zero-order valence-corrected chi connectivity index (χ0v) is 25.1. The summed E-state index contributed by atoms with van der Waals surface area (Å²) < 4.78 is 16.1. The maximum Gasteiger partial charge on any atom is 0.259 e. The van der Waals surface area contributed by atoms with Crippen LogP contribution in [0.15, 0.2) is 76.7 Å². The number of benzene rings is 3. The predicted octanol–water partition coefficient (Wildman–Crippen LogP) is 4.63. The zero-order valence-electron chi connectivity index (χ0n) is 24.2. The Morgan fingerprint density at radius 3 is 2.73 bits per heavy atom. The fourth-order valence-corrected chi connectivity index (χ4v) is 6.13. The number of anilines is 1. The standard InChI is InChI=1S/C32H31N5O6S/c1-3-27(30(39)34-20-12-14-25-26(16-20)43-18-42-25)44-32-36-22-10-6-5-9-21(22)29-35-23(31(40)37(29)32)13-15-28(38)33-17-19-8-4-7-11-24(19)41-2/h4-12,14,16,23,27H,3,13,15,17-18H2,1-2H3,(H,33,38)(H,34,39). The van der Waals surface area contributed by atoms with Crippen molar-refractivity contribution in [1.29, 1.82) is 0 Å². The van der Waals surface area contributed by atoms with Crippen LogP contribution in [0.5, 0.6) is 17.2 Å². The molecule has 2 unspecified atom stereocenters. The van der Waals surface area contributed by atoms with E-state index in [9.17, 15) is 14.4 Å². The van der Waals surface area contributed by atoms with E-state index in [0.717, 1.165) is 11.1 Å². The van der Waals surface area contributed by atoms with Crippen LogP contribution in [0.4, 0.5) is 11.4 Å². The number of ether oxygens (including phenoxy) is 3. The summed E-state index contributed by atoms with van der Waals surface area (Å²) in [6, 6.07) is 19.4. The number of thioether (sulfide) groups is 1. The van der Waals surface area contributed by atoms with Gasteiger partial charge in [-0.3, -0.25) is 19.4 Å². The summed E-state index contributed by atoms with van der Waals surface area (Å²) in [7, 11) is 1.59. The van der Waals surface area contributed by atoms with Crippen molar-refractivity contribution in [3.8, 4) is 17.2 Å². The lowest BCUT2D eigenvalue weighted by Gasteiger charge is -2.27.